The molecule has 25 heavy (non-hydrogen) atoms. The number of carbonyl (C=O) groups is 1. The lowest BCUT2D eigenvalue weighted by atomic mass is 10.1. The number of ether oxygens (including phenoxy) is 1. The van der Waals surface area contributed by atoms with Gasteiger partial charge in [0.15, 0.2) is 5.01 Å². The predicted octanol–water partition coefficient (Wildman–Crippen LogP) is 4.72. The number of benzene rings is 2. The Bertz CT molecular complexity index is 912. The highest BCUT2D eigenvalue weighted by Gasteiger charge is 2.12. The highest BCUT2D eigenvalue weighted by atomic mass is 35.5. The first-order valence-corrected chi connectivity index (χ1v) is 9.05. The Morgan fingerprint density at radius 1 is 1.16 bits per heavy atom. The van der Waals surface area contributed by atoms with Crippen LogP contribution in [0.25, 0.3) is 0 Å². The molecule has 0 bridgehead atoms. The van der Waals surface area contributed by atoms with Gasteiger partial charge < -0.3 is 10.5 Å². The van der Waals surface area contributed by atoms with E-state index in [1.54, 1.807) is 11.4 Å². The van der Waals surface area contributed by atoms with E-state index in [0.29, 0.717) is 28.8 Å². The van der Waals surface area contributed by atoms with Gasteiger partial charge in [-0.2, -0.15) is 0 Å². The second-order valence-electron chi connectivity index (χ2n) is 5.32. The molecule has 0 aliphatic heterocycles. The third-order valence-electron chi connectivity index (χ3n) is 3.50. The number of primary amides is 1. The molecule has 1 aromatic heterocycles. The van der Waals surface area contributed by atoms with E-state index in [0.717, 1.165) is 16.8 Å². The van der Waals surface area contributed by atoms with Gasteiger partial charge in [0.1, 0.15) is 12.4 Å². The predicted molar refractivity (Wildman–Crippen MR) is 101 cm³/mol. The van der Waals surface area contributed by atoms with Gasteiger partial charge in [-0.25, -0.2) is 4.98 Å². The van der Waals surface area contributed by atoms with Crippen molar-refractivity contribution in [1.29, 1.82) is 0 Å². The van der Waals surface area contributed by atoms with E-state index in [1.165, 1.54) is 11.3 Å². The van der Waals surface area contributed by atoms with Crippen LogP contribution in [0.1, 0.15) is 26.6 Å². The third-order valence-corrected chi connectivity index (χ3v) is 5.01. The van der Waals surface area contributed by atoms with E-state index in [4.69, 9.17) is 33.7 Å². The van der Waals surface area contributed by atoms with Crippen molar-refractivity contribution in [2.24, 2.45) is 5.73 Å². The molecule has 3 rings (SSSR count). The molecule has 0 saturated heterocycles. The van der Waals surface area contributed by atoms with Crippen LogP contribution in [0.5, 0.6) is 5.75 Å². The van der Waals surface area contributed by atoms with Crippen LogP contribution in [-0.2, 0) is 13.0 Å². The molecule has 3 aromatic rings. The van der Waals surface area contributed by atoms with E-state index in [2.05, 4.69) is 4.98 Å². The van der Waals surface area contributed by atoms with Gasteiger partial charge >= 0.3 is 0 Å². The minimum atomic E-state index is -0.530. The summed E-state index contributed by atoms with van der Waals surface area (Å²) in [5.74, 6) is 0.162. The van der Waals surface area contributed by atoms with Crippen molar-refractivity contribution in [2.45, 2.75) is 13.0 Å². The first kappa shape index (κ1) is 17.7. The topological polar surface area (TPSA) is 65.2 Å². The summed E-state index contributed by atoms with van der Waals surface area (Å²) in [6.07, 6.45) is 0.488. The number of hydrogen-bond donors (Lipinski definition) is 1. The minimum Gasteiger partial charge on any atom is -0.489 e. The highest BCUT2D eigenvalue weighted by molar-refractivity contribution is 7.11. The molecule has 0 fully saturated rings. The first-order chi connectivity index (χ1) is 12.0. The van der Waals surface area contributed by atoms with Crippen LogP contribution in [-0.4, -0.2) is 10.9 Å². The Morgan fingerprint density at radius 2 is 1.96 bits per heavy atom. The summed E-state index contributed by atoms with van der Waals surface area (Å²) in [6.45, 7) is 0.345. The van der Waals surface area contributed by atoms with Crippen molar-refractivity contribution < 1.29 is 9.53 Å². The number of aromatic nitrogens is 1. The fourth-order valence-electron chi connectivity index (χ4n) is 2.29. The molecule has 2 N–H and O–H groups in total. The maximum Gasteiger partial charge on any atom is 0.277 e. The molecule has 128 valence electrons. The first-order valence-electron chi connectivity index (χ1n) is 7.42. The molecule has 1 heterocycles. The Labute approximate surface area is 159 Å². The van der Waals surface area contributed by atoms with Crippen molar-refractivity contribution in [2.75, 3.05) is 0 Å². The van der Waals surface area contributed by atoms with Crippen LogP contribution in [0.15, 0.2) is 47.8 Å². The van der Waals surface area contributed by atoms with Crippen LogP contribution in [0, 0.1) is 0 Å². The molecule has 1 amide bonds. The zero-order valence-electron chi connectivity index (χ0n) is 13.0. The molecule has 0 atom stereocenters. The third kappa shape index (κ3) is 4.51. The largest absolute Gasteiger partial charge is 0.489 e. The van der Waals surface area contributed by atoms with Crippen molar-refractivity contribution in [3.05, 3.63) is 79.7 Å². The summed E-state index contributed by atoms with van der Waals surface area (Å²) >= 11 is 13.5. The van der Waals surface area contributed by atoms with Gasteiger partial charge in [0.05, 0.1) is 5.69 Å². The van der Waals surface area contributed by atoms with Crippen LogP contribution in [0.4, 0.5) is 0 Å². The van der Waals surface area contributed by atoms with Gasteiger partial charge in [-0.1, -0.05) is 41.4 Å². The number of halogens is 2. The second kappa shape index (κ2) is 7.87. The van der Waals surface area contributed by atoms with Crippen molar-refractivity contribution >= 4 is 40.4 Å². The molecule has 0 aliphatic rings. The summed E-state index contributed by atoms with van der Waals surface area (Å²) < 4.78 is 5.93. The van der Waals surface area contributed by atoms with Crippen LogP contribution in [0.3, 0.4) is 0 Å². The van der Waals surface area contributed by atoms with Crippen molar-refractivity contribution in [1.82, 2.24) is 4.98 Å². The molecule has 0 spiro atoms. The van der Waals surface area contributed by atoms with E-state index in [9.17, 15) is 4.79 Å². The molecular formula is C18H14Cl2N2O2S. The molecule has 0 unspecified atom stereocenters. The SMILES string of the molecule is NC(=O)c1nc(Cc2cc(Cl)ccc2OCc2ccccc2Cl)cs1. The fourth-order valence-corrected chi connectivity index (χ4v) is 3.35. The number of rotatable bonds is 6. The van der Waals surface area contributed by atoms with Crippen molar-refractivity contribution in [3.8, 4) is 5.75 Å². The molecule has 0 aliphatic carbocycles. The van der Waals surface area contributed by atoms with E-state index in [1.807, 2.05) is 36.4 Å². The van der Waals surface area contributed by atoms with Gasteiger partial charge in [0.2, 0.25) is 0 Å². The zero-order valence-corrected chi connectivity index (χ0v) is 15.4. The summed E-state index contributed by atoms with van der Waals surface area (Å²) in [7, 11) is 0. The maximum absolute atomic E-state index is 11.2. The molecule has 0 saturated carbocycles. The fraction of sp³-hybridized carbons (Fsp3) is 0.111. The molecule has 7 heteroatoms. The smallest absolute Gasteiger partial charge is 0.277 e. The normalized spacial score (nSPS) is 10.6. The zero-order chi connectivity index (χ0) is 17.8. The highest BCUT2D eigenvalue weighted by Crippen LogP contribution is 2.27. The standard InChI is InChI=1S/C18H14Cl2N2O2S/c19-13-5-6-16(24-9-11-3-1-2-4-15(11)20)12(7-13)8-14-10-25-18(22-14)17(21)23/h1-7,10H,8-9H2,(H2,21,23). The molecule has 0 radical (unpaired) electrons. The summed E-state index contributed by atoms with van der Waals surface area (Å²) in [5, 5.41) is 3.35. The van der Waals surface area contributed by atoms with Gasteiger partial charge in [-0.05, 0) is 24.3 Å². The maximum atomic E-state index is 11.2. The lowest BCUT2D eigenvalue weighted by Crippen LogP contribution is -2.10. The second-order valence-corrected chi connectivity index (χ2v) is 7.02. The average molecular weight is 393 g/mol. The number of amides is 1. The number of nitrogens with two attached hydrogens (primary N) is 1. The average Bonchev–Trinajstić information content (AvgIpc) is 3.04. The lowest BCUT2D eigenvalue weighted by molar-refractivity contribution is 0.1000. The lowest BCUT2D eigenvalue weighted by Gasteiger charge is -2.12. The van der Waals surface area contributed by atoms with E-state index < -0.39 is 5.91 Å². The quantitative estimate of drug-likeness (QED) is 0.659. The summed E-state index contributed by atoms with van der Waals surface area (Å²) in [4.78, 5) is 15.4. The number of thiazole rings is 1. The van der Waals surface area contributed by atoms with Gasteiger partial charge in [-0.15, -0.1) is 11.3 Å². The number of nitrogens with zero attached hydrogens (tertiary/aromatic N) is 1. The monoisotopic (exact) mass is 392 g/mol. The van der Waals surface area contributed by atoms with Gasteiger partial charge in [0.25, 0.3) is 5.91 Å². The Balaban J connectivity index is 1.80. The summed E-state index contributed by atoms with van der Waals surface area (Å²) in [5.41, 5.74) is 7.76. The number of hydrogen-bond acceptors (Lipinski definition) is 4. The summed E-state index contributed by atoms with van der Waals surface area (Å²) in [6, 6.07) is 12.9. The Hall–Kier alpha value is -2.08. The Morgan fingerprint density at radius 3 is 2.68 bits per heavy atom. The molecular weight excluding hydrogens is 379 g/mol. The minimum absolute atomic E-state index is 0.288. The molecule has 4 nitrogen and oxygen atoms in total. The Kier molecular flexibility index (Phi) is 5.58. The van der Waals surface area contributed by atoms with Gasteiger partial charge in [0, 0.05) is 33.0 Å². The molecule has 2 aromatic carbocycles. The van der Waals surface area contributed by atoms with Crippen LogP contribution in [0.2, 0.25) is 10.0 Å². The number of carbonyl (C=O) groups excluding carboxylic acids is 1. The van der Waals surface area contributed by atoms with Crippen LogP contribution >= 0.6 is 34.5 Å². The van der Waals surface area contributed by atoms with Crippen molar-refractivity contribution in [3.63, 3.8) is 0 Å². The van der Waals surface area contributed by atoms with E-state index >= 15 is 0 Å². The van der Waals surface area contributed by atoms with Crippen LogP contribution < -0.4 is 10.5 Å². The van der Waals surface area contributed by atoms with E-state index in [-0.39, 0.29) is 5.01 Å². The van der Waals surface area contributed by atoms with Gasteiger partial charge in [-0.3, -0.25) is 4.79 Å².